The molecule has 0 aromatic heterocycles. The molecule has 0 saturated carbocycles. The summed E-state index contributed by atoms with van der Waals surface area (Å²) in [5.74, 6) is 0.282. The Bertz CT molecular complexity index is 955. The van der Waals surface area contributed by atoms with Crippen molar-refractivity contribution in [3.63, 3.8) is 0 Å². The summed E-state index contributed by atoms with van der Waals surface area (Å²) in [6.07, 6.45) is 1.45. The maximum absolute atomic E-state index is 13.1. The first-order chi connectivity index (χ1) is 13.6. The second-order valence-electron chi connectivity index (χ2n) is 7.27. The molecule has 2 unspecified atom stereocenters. The van der Waals surface area contributed by atoms with Crippen molar-refractivity contribution in [3.8, 4) is 5.75 Å². The van der Waals surface area contributed by atoms with E-state index in [9.17, 15) is 13.2 Å². The van der Waals surface area contributed by atoms with Crippen LogP contribution in [0.25, 0.3) is 0 Å². The van der Waals surface area contributed by atoms with Crippen LogP contribution in [-0.2, 0) is 14.8 Å². The molecule has 0 saturated heterocycles. The third-order valence-corrected chi connectivity index (χ3v) is 6.09. The molecule has 0 bridgehead atoms. The van der Waals surface area contributed by atoms with Gasteiger partial charge in [0.05, 0.1) is 25.1 Å². The van der Waals surface area contributed by atoms with Gasteiger partial charge in [0, 0.05) is 0 Å². The topological polar surface area (TPSA) is 75.7 Å². The minimum atomic E-state index is -3.68. The molecule has 0 aliphatic heterocycles. The smallest absolute Gasteiger partial charge is 0.244 e. The fourth-order valence-electron chi connectivity index (χ4n) is 3.49. The third-order valence-electron chi connectivity index (χ3n) is 4.91. The molecule has 0 heterocycles. The number of nitrogens with zero attached hydrogens (tertiary/aromatic N) is 1. The summed E-state index contributed by atoms with van der Waals surface area (Å²) >= 11 is 0. The summed E-state index contributed by atoms with van der Waals surface area (Å²) in [5.41, 5.74) is 3.67. The van der Waals surface area contributed by atoms with Crippen molar-refractivity contribution >= 4 is 21.6 Å². The summed E-state index contributed by atoms with van der Waals surface area (Å²) in [4.78, 5) is 13.1. The molecule has 2 aromatic rings. The Morgan fingerprint density at radius 1 is 1.14 bits per heavy atom. The van der Waals surface area contributed by atoms with Crippen LogP contribution in [0.2, 0.25) is 0 Å². The molecule has 0 radical (unpaired) electrons. The molecule has 1 amide bonds. The first kappa shape index (κ1) is 22.7. The summed E-state index contributed by atoms with van der Waals surface area (Å²) in [7, 11) is -2.13. The molecule has 6 nitrogen and oxygen atoms in total. The maximum Gasteiger partial charge on any atom is 0.244 e. The lowest BCUT2D eigenvalue weighted by Gasteiger charge is -2.31. The zero-order valence-electron chi connectivity index (χ0n) is 17.9. The molecule has 2 atom stereocenters. The Labute approximate surface area is 173 Å². The predicted octanol–water partition coefficient (Wildman–Crippen LogP) is 3.73. The molecule has 1 N–H and O–H groups in total. The highest BCUT2D eigenvalue weighted by atomic mass is 32.2. The van der Waals surface area contributed by atoms with Crippen LogP contribution in [0.4, 0.5) is 5.69 Å². The Balaban J connectivity index is 2.32. The zero-order chi connectivity index (χ0) is 21.8. The molecule has 2 rings (SSSR count). The van der Waals surface area contributed by atoms with Crippen molar-refractivity contribution in [2.24, 2.45) is 0 Å². The van der Waals surface area contributed by atoms with Gasteiger partial charge in [-0.1, -0.05) is 30.7 Å². The molecule has 7 heteroatoms. The fraction of sp³-hybridized carbons (Fsp3) is 0.409. The highest BCUT2D eigenvalue weighted by Crippen LogP contribution is 2.26. The lowest BCUT2D eigenvalue weighted by molar-refractivity contribution is -0.122. The highest BCUT2D eigenvalue weighted by Gasteiger charge is 2.32. The van der Waals surface area contributed by atoms with Crippen molar-refractivity contribution in [1.82, 2.24) is 5.32 Å². The van der Waals surface area contributed by atoms with Gasteiger partial charge in [0.25, 0.3) is 0 Å². The lowest BCUT2D eigenvalue weighted by Crippen LogP contribution is -2.49. The number of carbonyl (C=O) groups is 1. The Morgan fingerprint density at radius 3 is 2.24 bits per heavy atom. The molecule has 2 aromatic carbocycles. The number of amides is 1. The van der Waals surface area contributed by atoms with Crippen LogP contribution in [0.1, 0.15) is 43.0 Å². The largest absolute Gasteiger partial charge is 0.497 e. The Morgan fingerprint density at radius 2 is 1.76 bits per heavy atom. The van der Waals surface area contributed by atoms with E-state index in [1.54, 1.807) is 38.3 Å². The minimum Gasteiger partial charge on any atom is -0.497 e. The average molecular weight is 419 g/mol. The van der Waals surface area contributed by atoms with Gasteiger partial charge in [-0.25, -0.2) is 8.42 Å². The fourth-order valence-corrected chi connectivity index (χ4v) is 4.70. The van der Waals surface area contributed by atoms with Gasteiger partial charge in [-0.15, -0.1) is 0 Å². The van der Waals surface area contributed by atoms with Crippen LogP contribution in [0.3, 0.4) is 0 Å². The average Bonchev–Trinajstić information content (AvgIpc) is 2.64. The van der Waals surface area contributed by atoms with Gasteiger partial charge in [-0.2, -0.15) is 0 Å². The van der Waals surface area contributed by atoms with Gasteiger partial charge < -0.3 is 10.1 Å². The van der Waals surface area contributed by atoms with Gasteiger partial charge >= 0.3 is 0 Å². The molecule has 0 fully saturated rings. The molecule has 29 heavy (non-hydrogen) atoms. The number of carbonyl (C=O) groups excluding carboxylic acids is 1. The van der Waals surface area contributed by atoms with Crippen molar-refractivity contribution in [2.45, 2.75) is 46.2 Å². The number of anilines is 1. The van der Waals surface area contributed by atoms with E-state index in [-0.39, 0.29) is 11.9 Å². The van der Waals surface area contributed by atoms with Crippen LogP contribution in [0.5, 0.6) is 5.75 Å². The van der Waals surface area contributed by atoms with Crippen molar-refractivity contribution in [3.05, 3.63) is 59.2 Å². The van der Waals surface area contributed by atoms with E-state index < -0.39 is 16.1 Å². The third kappa shape index (κ3) is 5.50. The first-order valence-electron chi connectivity index (χ1n) is 9.59. The molecular weight excluding hydrogens is 388 g/mol. The van der Waals surface area contributed by atoms with Gasteiger partial charge in [-0.05, 0) is 62.6 Å². The van der Waals surface area contributed by atoms with Gasteiger partial charge in [-0.3, -0.25) is 9.10 Å². The Kier molecular flexibility index (Phi) is 7.30. The lowest BCUT2D eigenvalue weighted by atomic mass is 10.00. The number of benzene rings is 2. The number of hydrogen-bond donors (Lipinski definition) is 1. The van der Waals surface area contributed by atoms with E-state index in [1.165, 1.54) is 4.31 Å². The quantitative estimate of drug-likeness (QED) is 0.709. The molecule has 0 aliphatic carbocycles. The van der Waals surface area contributed by atoms with E-state index in [0.29, 0.717) is 17.9 Å². The second-order valence-corrected chi connectivity index (χ2v) is 9.13. The number of sulfonamides is 1. The summed E-state index contributed by atoms with van der Waals surface area (Å²) in [6.45, 7) is 7.72. The number of aryl methyl sites for hydroxylation is 2. The van der Waals surface area contributed by atoms with E-state index in [2.05, 4.69) is 11.4 Å². The zero-order valence-corrected chi connectivity index (χ0v) is 18.7. The van der Waals surface area contributed by atoms with Crippen LogP contribution in [0, 0.1) is 13.8 Å². The maximum atomic E-state index is 13.1. The molecule has 0 spiro atoms. The predicted molar refractivity (Wildman–Crippen MR) is 117 cm³/mol. The number of nitrogens with one attached hydrogen (secondary N) is 1. The standard InChI is InChI=1S/C22H30N2O4S/c1-7-21(22(25)23-17(4)20-13-8-15(2)14-16(20)3)24(29(6,26)27)18-9-11-19(28-5)12-10-18/h8-14,17,21H,7H2,1-6H3,(H,23,25). The van der Waals surface area contributed by atoms with E-state index in [1.807, 2.05) is 32.9 Å². The highest BCUT2D eigenvalue weighted by molar-refractivity contribution is 7.92. The number of hydrogen-bond acceptors (Lipinski definition) is 4. The molecule has 0 aliphatic rings. The van der Waals surface area contributed by atoms with Gasteiger partial charge in [0.15, 0.2) is 0 Å². The SMILES string of the molecule is CCC(C(=O)NC(C)c1ccc(C)cc1C)N(c1ccc(OC)cc1)S(C)(=O)=O. The summed E-state index contributed by atoms with van der Waals surface area (Å²) in [6, 6.07) is 11.6. The van der Waals surface area contributed by atoms with E-state index in [0.717, 1.165) is 22.9 Å². The Hall–Kier alpha value is -2.54. The van der Waals surface area contributed by atoms with Crippen LogP contribution in [0.15, 0.2) is 42.5 Å². The monoisotopic (exact) mass is 418 g/mol. The van der Waals surface area contributed by atoms with Gasteiger partial charge in [0.2, 0.25) is 15.9 Å². The molecule has 158 valence electrons. The number of methoxy groups -OCH3 is 1. The van der Waals surface area contributed by atoms with Crippen LogP contribution < -0.4 is 14.4 Å². The minimum absolute atomic E-state index is 0.241. The number of ether oxygens (including phenoxy) is 1. The van der Waals surface area contributed by atoms with E-state index in [4.69, 9.17) is 4.74 Å². The number of rotatable bonds is 8. The normalized spacial score (nSPS) is 13.4. The first-order valence-corrected chi connectivity index (χ1v) is 11.4. The second kappa shape index (κ2) is 9.31. The van der Waals surface area contributed by atoms with Crippen molar-refractivity contribution in [1.29, 1.82) is 0 Å². The summed E-state index contributed by atoms with van der Waals surface area (Å²) in [5, 5.41) is 2.98. The molecular formula is C22H30N2O4S. The van der Waals surface area contributed by atoms with Gasteiger partial charge in [0.1, 0.15) is 11.8 Å². The van der Waals surface area contributed by atoms with E-state index >= 15 is 0 Å². The van der Waals surface area contributed by atoms with Crippen molar-refractivity contribution < 1.29 is 17.9 Å². The van der Waals surface area contributed by atoms with Crippen LogP contribution in [-0.4, -0.2) is 33.7 Å². The van der Waals surface area contributed by atoms with Crippen molar-refractivity contribution in [2.75, 3.05) is 17.7 Å². The summed E-state index contributed by atoms with van der Waals surface area (Å²) < 4.78 is 31.4. The van der Waals surface area contributed by atoms with Crippen LogP contribution >= 0.6 is 0 Å².